The Morgan fingerprint density at radius 2 is 2.38 bits per heavy atom. The smallest absolute Gasteiger partial charge is 0.311 e. The molecule has 0 fully saturated rings. The normalized spacial score (nSPS) is 10.8. The van der Waals surface area contributed by atoms with Crippen molar-refractivity contribution in [2.24, 2.45) is 5.92 Å². The Hall–Kier alpha value is -0.550. The van der Waals surface area contributed by atoms with E-state index in [1.807, 2.05) is 17.1 Å². The summed E-state index contributed by atoms with van der Waals surface area (Å²) in [5.74, 6) is 2.56. The number of esters is 1. The third kappa shape index (κ3) is 4.99. The van der Waals surface area contributed by atoms with Crippen molar-refractivity contribution in [1.82, 2.24) is 4.98 Å². The molecule has 0 aliphatic heterocycles. The van der Waals surface area contributed by atoms with E-state index in [-0.39, 0.29) is 12.4 Å². The average Bonchev–Trinajstić information content (AvgIpc) is 2.65. The Bertz CT molecular complexity index is 336. The highest BCUT2D eigenvalue weighted by molar-refractivity contribution is 7.98. The first-order valence-corrected chi connectivity index (χ1v) is 7.23. The highest BCUT2D eigenvalue weighted by Gasteiger charge is 2.07. The van der Waals surface area contributed by atoms with E-state index < -0.39 is 0 Å². The summed E-state index contributed by atoms with van der Waals surface area (Å²) < 4.78 is 4.60. The third-order valence-electron chi connectivity index (χ3n) is 1.83. The predicted molar refractivity (Wildman–Crippen MR) is 68.8 cm³/mol. The van der Waals surface area contributed by atoms with E-state index >= 15 is 0 Å². The fourth-order valence-electron chi connectivity index (χ4n) is 1.10. The molecular formula is C11H17NO2S2. The van der Waals surface area contributed by atoms with E-state index in [2.05, 4.69) is 23.6 Å². The van der Waals surface area contributed by atoms with E-state index in [9.17, 15) is 4.79 Å². The van der Waals surface area contributed by atoms with Crippen molar-refractivity contribution in [1.29, 1.82) is 0 Å². The van der Waals surface area contributed by atoms with Crippen molar-refractivity contribution in [2.75, 3.05) is 12.9 Å². The number of rotatable bonds is 6. The van der Waals surface area contributed by atoms with Crippen LogP contribution < -0.4 is 0 Å². The van der Waals surface area contributed by atoms with Crippen LogP contribution in [0.2, 0.25) is 0 Å². The summed E-state index contributed by atoms with van der Waals surface area (Å²) >= 11 is 3.50. The van der Waals surface area contributed by atoms with Gasteiger partial charge in [0.15, 0.2) is 0 Å². The first kappa shape index (κ1) is 13.5. The van der Waals surface area contributed by atoms with E-state index in [1.165, 1.54) is 7.11 Å². The van der Waals surface area contributed by atoms with Gasteiger partial charge in [-0.05, 0) is 11.7 Å². The molecule has 0 saturated carbocycles. The molecule has 0 unspecified atom stereocenters. The number of carbonyl (C=O) groups excluding carboxylic acids is 1. The number of hydrogen-bond donors (Lipinski definition) is 0. The van der Waals surface area contributed by atoms with Gasteiger partial charge in [-0.25, -0.2) is 4.98 Å². The van der Waals surface area contributed by atoms with Crippen LogP contribution in [-0.2, 0) is 21.7 Å². The molecule has 0 spiro atoms. The molecular weight excluding hydrogens is 242 g/mol. The van der Waals surface area contributed by atoms with Crippen LogP contribution >= 0.6 is 23.1 Å². The van der Waals surface area contributed by atoms with Crippen LogP contribution in [0.15, 0.2) is 5.38 Å². The molecule has 0 amide bonds. The second-order valence-electron chi connectivity index (χ2n) is 3.89. The van der Waals surface area contributed by atoms with Crippen molar-refractivity contribution in [3.63, 3.8) is 0 Å². The molecule has 0 radical (unpaired) electrons. The summed E-state index contributed by atoms with van der Waals surface area (Å²) in [5.41, 5.74) is 0.817. The Balaban J connectivity index is 2.36. The molecule has 5 heteroatoms. The maximum Gasteiger partial charge on any atom is 0.311 e. The summed E-state index contributed by atoms with van der Waals surface area (Å²) in [6.07, 6.45) is 0.280. The molecule has 0 N–H and O–H groups in total. The molecule has 1 aromatic heterocycles. The van der Waals surface area contributed by atoms with Crippen molar-refractivity contribution in [3.8, 4) is 0 Å². The molecule has 0 atom stereocenters. The van der Waals surface area contributed by atoms with Crippen LogP contribution in [0.4, 0.5) is 0 Å². The van der Waals surface area contributed by atoms with Gasteiger partial charge in [0.25, 0.3) is 0 Å². The van der Waals surface area contributed by atoms with Gasteiger partial charge in [0.1, 0.15) is 5.01 Å². The number of nitrogens with zero attached hydrogens (tertiary/aromatic N) is 1. The van der Waals surface area contributed by atoms with Crippen LogP contribution in [0.25, 0.3) is 0 Å². The number of hydrogen-bond acceptors (Lipinski definition) is 5. The molecule has 0 aliphatic carbocycles. The number of methoxy groups -OCH3 is 1. The summed E-state index contributed by atoms with van der Waals surface area (Å²) in [4.78, 5) is 15.4. The fraction of sp³-hybridized carbons (Fsp3) is 0.636. The zero-order valence-electron chi connectivity index (χ0n) is 9.86. The summed E-state index contributed by atoms with van der Waals surface area (Å²) in [6, 6.07) is 0. The SMILES string of the molecule is COC(=O)Cc1csc(CSCC(C)C)n1. The summed E-state index contributed by atoms with van der Waals surface area (Å²) in [5, 5.41) is 3.02. The number of ether oxygens (including phenoxy) is 1. The topological polar surface area (TPSA) is 39.2 Å². The van der Waals surface area contributed by atoms with Gasteiger partial charge in [-0.15, -0.1) is 11.3 Å². The maximum absolute atomic E-state index is 11.0. The molecule has 0 saturated heterocycles. The summed E-state index contributed by atoms with van der Waals surface area (Å²) in [6.45, 7) is 4.41. The van der Waals surface area contributed by atoms with Crippen LogP contribution in [0.3, 0.4) is 0 Å². The van der Waals surface area contributed by atoms with Crippen LogP contribution in [0.1, 0.15) is 24.5 Å². The predicted octanol–water partition coefficient (Wildman–Crippen LogP) is 2.75. The van der Waals surface area contributed by atoms with Crippen molar-refractivity contribution < 1.29 is 9.53 Å². The largest absolute Gasteiger partial charge is 0.469 e. The lowest BCUT2D eigenvalue weighted by atomic mass is 10.3. The second-order valence-corrected chi connectivity index (χ2v) is 5.87. The van der Waals surface area contributed by atoms with Gasteiger partial charge in [-0.3, -0.25) is 4.79 Å². The quantitative estimate of drug-likeness (QED) is 0.736. The lowest BCUT2D eigenvalue weighted by Crippen LogP contribution is -2.04. The number of thioether (sulfide) groups is 1. The Labute approximate surface area is 105 Å². The maximum atomic E-state index is 11.0. The van der Waals surface area contributed by atoms with Gasteiger partial charge in [-0.2, -0.15) is 11.8 Å². The Morgan fingerprint density at radius 1 is 1.62 bits per heavy atom. The standard InChI is InChI=1S/C11H17NO2S2/c1-8(2)5-15-7-10-12-9(6-16-10)4-11(13)14-3/h6,8H,4-5,7H2,1-3H3. The van der Waals surface area contributed by atoms with Crippen LogP contribution in [-0.4, -0.2) is 23.8 Å². The molecule has 90 valence electrons. The van der Waals surface area contributed by atoms with Crippen molar-refractivity contribution in [2.45, 2.75) is 26.0 Å². The Kier molecular flexibility index (Phi) is 5.84. The minimum Gasteiger partial charge on any atom is -0.469 e. The van der Waals surface area contributed by atoms with Crippen molar-refractivity contribution >= 4 is 29.1 Å². The van der Waals surface area contributed by atoms with Gasteiger partial charge < -0.3 is 4.74 Å². The first-order valence-electron chi connectivity index (χ1n) is 5.19. The van der Waals surface area contributed by atoms with Crippen LogP contribution in [0.5, 0.6) is 0 Å². The molecule has 1 rings (SSSR count). The van der Waals surface area contributed by atoms with E-state index in [0.717, 1.165) is 22.2 Å². The number of thiazole rings is 1. The Morgan fingerprint density at radius 3 is 3.00 bits per heavy atom. The third-order valence-corrected chi connectivity index (χ3v) is 4.29. The van der Waals surface area contributed by atoms with Crippen LogP contribution in [0, 0.1) is 5.92 Å². The fourth-order valence-corrected chi connectivity index (χ4v) is 3.03. The molecule has 0 aliphatic rings. The van der Waals surface area contributed by atoms with Gasteiger partial charge in [-0.1, -0.05) is 13.8 Å². The molecule has 3 nitrogen and oxygen atoms in total. The molecule has 1 aromatic rings. The highest BCUT2D eigenvalue weighted by atomic mass is 32.2. The number of aromatic nitrogens is 1. The highest BCUT2D eigenvalue weighted by Crippen LogP contribution is 2.19. The first-order chi connectivity index (χ1) is 7.61. The summed E-state index contributed by atoms with van der Waals surface area (Å²) in [7, 11) is 1.40. The van der Waals surface area contributed by atoms with Gasteiger partial charge in [0.05, 0.1) is 19.2 Å². The minimum atomic E-state index is -0.230. The zero-order valence-corrected chi connectivity index (χ0v) is 11.5. The van der Waals surface area contributed by atoms with E-state index in [4.69, 9.17) is 0 Å². The molecule has 0 bridgehead atoms. The van der Waals surface area contributed by atoms with E-state index in [1.54, 1.807) is 11.3 Å². The monoisotopic (exact) mass is 259 g/mol. The van der Waals surface area contributed by atoms with Gasteiger partial charge in [0.2, 0.25) is 0 Å². The molecule has 0 aromatic carbocycles. The molecule has 16 heavy (non-hydrogen) atoms. The molecule has 1 heterocycles. The second kappa shape index (κ2) is 6.91. The van der Waals surface area contributed by atoms with Gasteiger partial charge >= 0.3 is 5.97 Å². The average molecular weight is 259 g/mol. The van der Waals surface area contributed by atoms with Crippen molar-refractivity contribution in [3.05, 3.63) is 16.1 Å². The van der Waals surface area contributed by atoms with E-state index in [0.29, 0.717) is 5.92 Å². The number of carbonyl (C=O) groups is 1. The van der Waals surface area contributed by atoms with Gasteiger partial charge in [0, 0.05) is 11.1 Å². The zero-order chi connectivity index (χ0) is 12.0. The lowest BCUT2D eigenvalue weighted by molar-refractivity contribution is -0.139. The lowest BCUT2D eigenvalue weighted by Gasteiger charge is -2.01. The minimum absolute atomic E-state index is 0.230.